The predicted molar refractivity (Wildman–Crippen MR) is 135 cm³/mol. The van der Waals surface area contributed by atoms with E-state index in [9.17, 15) is 14.9 Å². The number of nitriles is 1. The molecule has 1 aliphatic heterocycles. The first-order valence-electron chi connectivity index (χ1n) is 11.9. The average molecular weight is 471 g/mol. The van der Waals surface area contributed by atoms with Gasteiger partial charge in [-0.05, 0) is 67.0 Å². The zero-order valence-corrected chi connectivity index (χ0v) is 20.7. The molecule has 1 saturated heterocycles. The van der Waals surface area contributed by atoms with Gasteiger partial charge in [0.1, 0.15) is 28.6 Å². The Morgan fingerprint density at radius 3 is 2.43 bits per heavy atom. The van der Waals surface area contributed by atoms with Crippen molar-refractivity contribution >= 4 is 17.6 Å². The summed E-state index contributed by atoms with van der Waals surface area (Å²) in [6.07, 6.45) is 5.82. The summed E-state index contributed by atoms with van der Waals surface area (Å²) < 4.78 is 7.50. The highest BCUT2D eigenvalue weighted by Crippen LogP contribution is 2.28. The highest BCUT2D eigenvalue weighted by Gasteiger charge is 2.23. The van der Waals surface area contributed by atoms with E-state index in [2.05, 4.69) is 25.8 Å². The van der Waals surface area contributed by atoms with Gasteiger partial charge in [0, 0.05) is 19.3 Å². The summed E-state index contributed by atoms with van der Waals surface area (Å²) in [4.78, 5) is 32.8. The summed E-state index contributed by atoms with van der Waals surface area (Å²) in [6, 6.07) is 13.2. The number of aryl methyl sites for hydroxylation is 1. The first-order chi connectivity index (χ1) is 16.7. The number of hydrogen-bond acceptors (Lipinski definition) is 5. The maximum absolute atomic E-state index is 13.5. The molecule has 0 unspecified atom stereocenters. The Kier molecular flexibility index (Phi) is 6.74. The number of benzene rings is 1. The van der Waals surface area contributed by atoms with Crippen LogP contribution in [0.15, 0.2) is 53.0 Å². The van der Waals surface area contributed by atoms with E-state index in [4.69, 9.17) is 4.74 Å². The van der Waals surface area contributed by atoms with Crippen LogP contribution in [0.5, 0.6) is 11.6 Å². The van der Waals surface area contributed by atoms with Gasteiger partial charge in [-0.2, -0.15) is 10.2 Å². The molecule has 35 heavy (non-hydrogen) atoms. The quantitative estimate of drug-likeness (QED) is 0.395. The van der Waals surface area contributed by atoms with Crippen LogP contribution in [0.25, 0.3) is 11.7 Å². The van der Waals surface area contributed by atoms with Crippen LogP contribution in [0.4, 0.5) is 0 Å². The highest BCUT2D eigenvalue weighted by atomic mass is 16.5. The lowest BCUT2D eigenvalue weighted by Crippen LogP contribution is -2.36. The minimum atomic E-state index is -0.404. The van der Waals surface area contributed by atoms with E-state index in [1.165, 1.54) is 10.5 Å². The minimum Gasteiger partial charge on any atom is -0.438 e. The smallest absolute Gasteiger partial charge is 0.269 e. The van der Waals surface area contributed by atoms with Gasteiger partial charge in [-0.25, -0.2) is 0 Å². The van der Waals surface area contributed by atoms with Gasteiger partial charge in [0.2, 0.25) is 5.88 Å². The zero-order chi connectivity index (χ0) is 25.2. The monoisotopic (exact) mass is 470 g/mol. The second-order valence-corrected chi connectivity index (χ2v) is 9.92. The second-order valence-electron chi connectivity index (χ2n) is 9.92. The molecule has 3 heterocycles. The molecule has 1 amide bonds. The van der Waals surface area contributed by atoms with Crippen LogP contribution in [0.3, 0.4) is 0 Å². The Morgan fingerprint density at radius 2 is 1.80 bits per heavy atom. The topological polar surface area (TPSA) is 87.7 Å². The molecule has 7 nitrogen and oxygen atoms in total. The molecule has 7 heteroatoms. The van der Waals surface area contributed by atoms with Gasteiger partial charge in [-0.3, -0.25) is 14.0 Å². The van der Waals surface area contributed by atoms with Gasteiger partial charge in [0.05, 0.1) is 0 Å². The number of carbonyl (C=O) groups is 1. The zero-order valence-electron chi connectivity index (χ0n) is 20.7. The molecule has 0 spiro atoms. The highest BCUT2D eigenvalue weighted by molar-refractivity contribution is 6.02. The number of rotatable bonds is 4. The van der Waals surface area contributed by atoms with Crippen molar-refractivity contribution in [3.63, 3.8) is 0 Å². The van der Waals surface area contributed by atoms with Gasteiger partial charge in [0.15, 0.2) is 0 Å². The number of fused-ring (bicyclic) bond motifs is 1. The molecule has 2 aromatic heterocycles. The van der Waals surface area contributed by atoms with Crippen LogP contribution in [-0.4, -0.2) is 33.3 Å². The first kappa shape index (κ1) is 24.2. The maximum Gasteiger partial charge on any atom is 0.269 e. The number of hydrogen-bond donors (Lipinski definition) is 0. The largest absolute Gasteiger partial charge is 0.438 e. The van der Waals surface area contributed by atoms with Crippen LogP contribution in [-0.2, 0) is 10.2 Å². The summed E-state index contributed by atoms with van der Waals surface area (Å²) in [5, 5.41) is 9.79. The van der Waals surface area contributed by atoms with Crippen molar-refractivity contribution < 1.29 is 9.53 Å². The van der Waals surface area contributed by atoms with Gasteiger partial charge in [-0.15, -0.1) is 0 Å². The standard InChI is InChI=1S/C28H30N4O3/c1-19-9-8-16-32-24(19)30-25(35-22-12-10-21(11-13-22)28(2,3)4)23(27(32)34)17-20(18-29)26(33)31-14-6-5-7-15-31/h8-13,16-17H,5-7,14-15H2,1-4H3/b20-17+. The van der Waals surface area contributed by atoms with Crippen molar-refractivity contribution in [3.8, 4) is 17.7 Å². The summed E-state index contributed by atoms with van der Waals surface area (Å²) in [7, 11) is 0. The molecule has 0 aliphatic carbocycles. The molecule has 1 aromatic carbocycles. The van der Waals surface area contributed by atoms with Crippen molar-refractivity contribution in [1.82, 2.24) is 14.3 Å². The molecule has 0 bridgehead atoms. The molecule has 0 N–H and O–H groups in total. The van der Waals surface area contributed by atoms with Crippen molar-refractivity contribution in [3.05, 3.63) is 75.2 Å². The van der Waals surface area contributed by atoms with Crippen molar-refractivity contribution in [2.45, 2.75) is 52.4 Å². The van der Waals surface area contributed by atoms with Crippen LogP contribution in [0, 0.1) is 18.3 Å². The summed E-state index contributed by atoms with van der Waals surface area (Å²) in [6.45, 7) is 9.46. The number of piperidine rings is 1. The molecular formula is C28H30N4O3. The molecule has 0 atom stereocenters. The summed E-state index contributed by atoms with van der Waals surface area (Å²) in [5.74, 6) is 0.201. The second kappa shape index (κ2) is 9.75. The molecule has 0 saturated carbocycles. The van der Waals surface area contributed by atoms with E-state index in [1.807, 2.05) is 43.3 Å². The fourth-order valence-electron chi connectivity index (χ4n) is 4.18. The fraction of sp³-hybridized carbons (Fsp3) is 0.357. The van der Waals surface area contributed by atoms with Crippen LogP contribution in [0.1, 0.15) is 56.7 Å². The third-order valence-electron chi connectivity index (χ3n) is 6.27. The Hall–Kier alpha value is -3.92. The van der Waals surface area contributed by atoms with Crippen molar-refractivity contribution in [2.24, 2.45) is 0 Å². The van der Waals surface area contributed by atoms with E-state index < -0.39 is 5.56 Å². The lowest BCUT2D eigenvalue weighted by atomic mass is 9.87. The lowest BCUT2D eigenvalue weighted by molar-refractivity contribution is -0.127. The molecule has 4 rings (SSSR count). The van der Waals surface area contributed by atoms with Crippen molar-refractivity contribution in [2.75, 3.05) is 13.1 Å². The van der Waals surface area contributed by atoms with E-state index in [1.54, 1.807) is 17.2 Å². The maximum atomic E-state index is 13.5. The molecular weight excluding hydrogens is 440 g/mol. The van der Waals surface area contributed by atoms with E-state index >= 15 is 0 Å². The Morgan fingerprint density at radius 1 is 1.11 bits per heavy atom. The molecule has 3 aromatic rings. The SMILES string of the molecule is Cc1cccn2c(=O)c(/C=C(\C#N)C(=O)N3CCCCC3)c(Oc3ccc(C(C)(C)C)cc3)nc12. The minimum absolute atomic E-state index is 0.0138. The molecule has 180 valence electrons. The van der Waals surface area contributed by atoms with Crippen LogP contribution in [0.2, 0.25) is 0 Å². The molecule has 1 aliphatic rings. The Balaban J connectivity index is 1.82. The number of nitrogens with zero attached hydrogens (tertiary/aromatic N) is 4. The number of carbonyl (C=O) groups excluding carboxylic acids is 1. The first-order valence-corrected chi connectivity index (χ1v) is 11.9. The van der Waals surface area contributed by atoms with Gasteiger partial charge in [-0.1, -0.05) is 39.0 Å². The average Bonchev–Trinajstić information content (AvgIpc) is 2.84. The van der Waals surface area contributed by atoms with E-state index in [0.717, 1.165) is 30.4 Å². The third kappa shape index (κ3) is 5.12. The summed E-state index contributed by atoms with van der Waals surface area (Å²) >= 11 is 0. The van der Waals surface area contributed by atoms with E-state index in [0.29, 0.717) is 24.5 Å². The predicted octanol–water partition coefficient (Wildman–Crippen LogP) is 5.01. The van der Waals surface area contributed by atoms with Crippen LogP contribution >= 0.6 is 0 Å². The van der Waals surface area contributed by atoms with Gasteiger partial charge >= 0.3 is 0 Å². The summed E-state index contributed by atoms with van der Waals surface area (Å²) in [5.41, 5.74) is 1.95. The number of pyridine rings is 1. The number of likely N-dealkylation sites (tertiary alicyclic amines) is 1. The van der Waals surface area contributed by atoms with Gasteiger partial charge < -0.3 is 9.64 Å². The van der Waals surface area contributed by atoms with Crippen LogP contribution < -0.4 is 10.3 Å². The third-order valence-corrected chi connectivity index (χ3v) is 6.27. The normalized spacial score (nSPS) is 14.6. The van der Waals surface area contributed by atoms with E-state index in [-0.39, 0.29) is 28.3 Å². The van der Waals surface area contributed by atoms with Gasteiger partial charge in [0.25, 0.3) is 11.5 Å². The molecule has 1 fully saturated rings. The Labute approximate surface area is 205 Å². The lowest BCUT2D eigenvalue weighted by Gasteiger charge is -2.26. The number of ether oxygens (including phenoxy) is 1. The number of aromatic nitrogens is 2. The van der Waals surface area contributed by atoms with Crippen molar-refractivity contribution in [1.29, 1.82) is 5.26 Å². The molecule has 0 radical (unpaired) electrons. The fourth-order valence-corrected chi connectivity index (χ4v) is 4.18. The number of amides is 1. The Bertz CT molecular complexity index is 1380.